The van der Waals surface area contributed by atoms with Crippen molar-refractivity contribution in [3.63, 3.8) is 0 Å². The van der Waals surface area contributed by atoms with Crippen molar-refractivity contribution in [3.05, 3.63) is 41.3 Å². The van der Waals surface area contributed by atoms with Crippen molar-refractivity contribution < 1.29 is 14.0 Å². The molecule has 2 heterocycles. The van der Waals surface area contributed by atoms with Gasteiger partial charge in [-0.25, -0.2) is 9.18 Å². The Labute approximate surface area is 162 Å². The van der Waals surface area contributed by atoms with E-state index in [1.807, 2.05) is 0 Å². The molecule has 148 valence electrons. The Kier molecular flexibility index (Phi) is 5.02. The lowest BCUT2D eigenvalue weighted by molar-refractivity contribution is 0.0997. The molecule has 0 bridgehead atoms. The molecule has 8 heteroatoms. The molecule has 1 aliphatic heterocycles. The van der Waals surface area contributed by atoms with Crippen molar-refractivity contribution in [2.75, 3.05) is 6.54 Å². The van der Waals surface area contributed by atoms with E-state index in [-0.39, 0.29) is 24.2 Å². The molecule has 28 heavy (non-hydrogen) atoms. The number of nitrogens with two attached hydrogens (primary N) is 1. The molecule has 1 aliphatic carbocycles. The van der Waals surface area contributed by atoms with Crippen molar-refractivity contribution in [2.45, 2.75) is 51.2 Å². The minimum Gasteiger partial charge on any atom is -0.365 e. The highest BCUT2D eigenvalue weighted by atomic mass is 19.1. The number of aromatic nitrogens is 2. The van der Waals surface area contributed by atoms with Crippen molar-refractivity contribution in [1.82, 2.24) is 20.0 Å². The zero-order valence-electron chi connectivity index (χ0n) is 15.7. The summed E-state index contributed by atoms with van der Waals surface area (Å²) in [6.07, 6.45) is 5.52. The van der Waals surface area contributed by atoms with Crippen LogP contribution in [-0.2, 0) is 13.1 Å². The maximum absolute atomic E-state index is 13.6. The molecular weight excluding hydrogens is 361 g/mol. The van der Waals surface area contributed by atoms with E-state index in [4.69, 9.17) is 5.73 Å². The molecule has 1 saturated carbocycles. The number of nitrogens with zero attached hydrogens (tertiary/aromatic N) is 3. The van der Waals surface area contributed by atoms with Crippen LogP contribution in [0.5, 0.6) is 0 Å². The van der Waals surface area contributed by atoms with E-state index in [2.05, 4.69) is 10.4 Å². The van der Waals surface area contributed by atoms with E-state index in [0.717, 1.165) is 25.7 Å². The summed E-state index contributed by atoms with van der Waals surface area (Å²) in [4.78, 5) is 26.5. The van der Waals surface area contributed by atoms with Gasteiger partial charge in [-0.1, -0.05) is 31.4 Å². The summed E-state index contributed by atoms with van der Waals surface area (Å²) in [7, 11) is 0. The van der Waals surface area contributed by atoms with E-state index < -0.39 is 11.7 Å². The zero-order chi connectivity index (χ0) is 19.7. The molecule has 7 nitrogen and oxygen atoms in total. The Morgan fingerprint density at radius 3 is 2.68 bits per heavy atom. The number of amides is 3. The van der Waals surface area contributed by atoms with Gasteiger partial charge < -0.3 is 16.0 Å². The van der Waals surface area contributed by atoms with Crippen LogP contribution in [0.2, 0.25) is 0 Å². The smallest absolute Gasteiger partial charge is 0.318 e. The van der Waals surface area contributed by atoms with E-state index in [1.54, 1.807) is 21.7 Å². The second kappa shape index (κ2) is 7.61. The largest absolute Gasteiger partial charge is 0.365 e. The second-order valence-corrected chi connectivity index (χ2v) is 7.47. The van der Waals surface area contributed by atoms with Crippen molar-refractivity contribution in [3.8, 4) is 11.3 Å². The number of carbonyl (C=O) groups excluding carboxylic acids is 2. The minimum absolute atomic E-state index is 0.123. The highest BCUT2D eigenvalue weighted by Crippen LogP contribution is 2.28. The topological polar surface area (TPSA) is 93.2 Å². The van der Waals surface area contributed by atoms with Crippen LogP contribution in [0, 0.1) is 5.82 Å². The predicted octanol–water partition coefficient (Wildman–Crippen LogP) is 2.65. The van der Waals surface area contributed by atoms with E-state index in [9.17, 15) is 14.0 Å². The van der Waals surface area contributed by atoms with Crippen LogP contribution in [0.25, 0.3) is 11.3 Å². The fourth-order valence-corrected chi connectivity index (χ4v) is 4.10. The standard InChI is InChI=1S/C20H24FN5O2/c21-14-6-4-5-13(11-14)18-17(19(22)27)16-12-25(9-10-26(16)24-18)20(28)23-15-7-2-1-3-8-15/h4-6,11,15H,1-3,7-10,12H2,(H2,22,27)(H,23,28). The number of fused-ring (bicyclic) bond motifs is 1. The molecule has 3 N–H and O–H groups in total. The van der Waals surface area contributed by atoms with Crippen LogP contribution in [0.15, 0.2) is 24.3 Å². The van der Waals surface area contributed by atoms with Crippen LogP contribution in [-0.4, -0.2) is 39.2 Å². The molecule has 0 spiro atoms. The molecule has 4 rings (SSSR count). The van der Waals surface area contributed by atoms with Gasteiger partial charge >= 0.3 is 6.03 Å². The molecule has 0 saturated heterocycles. The summed E-state index contributed by atoms with van der Waals surface area (Å²) in [5.41, 5.74) is 7.32. The lowest BCUT2D eigenvalue weighted by Crippen LogP contribution is -2.48. The zero-order valence-corrected chi connectivity index (χ0v) is 15.7. The average Bonchev–Trinajstić information content (AvgIpc) is 3.07. The fourth-order valence-electron chi connectivity index (χ4n) is 4.10. The molecule has 1 aromatic heterocycles. The van der Waals surface area contributed by atoms with Gasteiger partial charge in [0.1, 0.15) is 11.5 Å². The van der Waals surface area contributed by atoms with E-state index >= 15 is 0 Å². The van der Waals surface area contributed by atoms with Gasteiger partial charge in [-0.15, -0.1) is 0 Å². The third-order valence-corrected chi connectivity index (χ3v) is 5.54. The normalized spacial score (nSPS) is 17.2. The van der Waals surface area contributed by atoms with E-state index in [0.29, 0.717) is 30.0 Å². The lowest BCUT2D eigenvalue weighted by atomic mass is 9.96. The molecule has 2 aliphatic rings. The number of rotatable bonds is 3. The minimum atomic E-state index is -0.630. The monoisotopic (exact) mass is 385 g/mol. The van der Waals surface area contributed by atoms with Crippen LogP contribution in [0.1, 0.15) is 48.2 Å². The van der Waals surface area contributed by atoms with Gasteiger partial charge in [-0.05, 0) is 25.0 Å². The first-order valence-electron chi connectivity index (χ1n) is 9.74. The molecule has 1 fully saturated rings. The van der Waals surface area contributed by atoms with Crippen LogP contribution < -0.4 is 11.1 Å². The van der Waals surface area contributed by atoms with Crippen LogP contribution in [0.3, 0.4) is 0 Å². The van der Waals surface area contributed by atoms with Crippen molar-refractivity contribution in [2.24, 2.45) is 5.73 Å². The number of nitrogens with one attached hydrogen (secondary N) is 1. The SMILES string of the molecule is NC(=O)c1c(-c2cccc(F)c2)nn2c1CN(C(=O)NC1CCCCC1)CC2. The van der Waals surface area contributed by atoms with Gasteiger partial charge in [0, 0.05) is 18.2 Å². The quantitative estimate of drug-likeness (QED) is 0.851. The molecule has 2 aromatic rings. The molecule has 1 aromatic carbocycles. The fraction of sp³-hybridized carbons (Fsp3) is 0.450. The Morgan fingerprint density at radius 1 is 1.18 bits per heavy atom. The maximum atomic E-state index is 13.6. The lowest BCUT2D eigenvalue weighted by Gasteiger charge is -2.31. The highest BCUT2D eigenvalue weighted by molar-refractivity contribution is 6.00. The first-order chi connectivity index (χ1) is 13.5. The number of urea groups is 1. The maximum Gasteiger partial charge on any atom is 0.318 e. The summed E-state index contributed by atoms with van der Waals surface area (Å²) in [5, 5.41) is 7.59. The summed E-state index contributed by atoms with van der Waals surface area (Å²) in [6.45, 7) is 1.20. The Balaban J connectivity index is 1.59. The Bertz CT molecular complexity index is 904. The third-order valence-electron chi connectivity index (χ3n) is 5.54. The molecule has 3 amide bonds. The number of hydrogen-bond acceptors (Lipinski definition) is 3. The number of halogens is 1. The van der Waals surface area contributed by atoms with Gasteiger partial charge in [0.2, 0.25) is 0 Å². The number of hydrogen-bond donors (Lipinski definition) is 2. The van der Waals surface area contributed by atoms with Crippen LogP contribution >= 0.6 is 0 Å². The summed E-state index contributed by atoms with van der Waals surface area (Å²) < 4.78 is 15.3. The molecule has 0 radical (unpaired) electrons. The highest BCUT2D eigenvalue weighted by Gasteiger charge is 2.30. The molecule has 0 atom stereocenters. The van der Waals surface area contributed by atoms with E-state index in [1.165, 1.54) is 18.6 Å². The molecule has 0 unspecified atom stereocenters. The van der Waals surface area contributed by atoms with Gasteiger partial charge in [-0.3, -0.25) is 9.48 Å². The number of benzene rings is 1. The Morgan fingerprint density at radius 2 is 1.96 bits per heavy atom. The summed E-state index contributed by atoms with van der Waals surface area (Å²) >= 11 is 0. The second-order valence-electron chi connectivity index (χ2n) is 7.47. The van der Waals surface area contributed by atoms with Gasteiger partial charge in [0.05, 0.1) is 24.3 Å². The average molecular weight is 385 g/mol. The molecular formula is C20H24FN5O2. The van der Waals surface area contributed by atoms with Crippen LogP contribution in [0.4, 0.5) is 9.18 Å². The third kappa shape index (κ3) is 3.58. The van der Waals surface area contributed by atoms with Gasteiger partial charge in [0.25, 0.3) is 5.91 Å². The number of primary amides is 1. The van der Waals surface area contributed by atoms with Crippen molar-refractivity contribution in [1.29, 1.82) is 0 Å². The van der Waals surface area contributed by atoms with Crippen molar-refractivity contribution >= 4 is 11.9 Å². The first kappa shape index (κ1) is 18.5. The van der Waals surface area contributed by atoms with Gasteiger partial charge in [-0.2, -0.15) is 5.10 Å². The first-order valence-corrected chi connectivity index (χ1v) is 9.74. The predicted molar refractivity (Wildman–Crippen MR) is 102 cm³/mol. The number of carbonyl (C=O) groups is 2. The summed E-state index contributed by atoms with van der Waals surface area (Å²) in [6, 6.07) is 6.01. The Hall–Kier alpha value is -2.90. The van der Waals surface area contributed by atoms with Gasteiger partial charge in [0.15, 0.2) is 0 Å². The summed E-state index contributed by atoms with van der Waals surface area (Å²) in [5.74, 6) is -1.04.